The van der Waals surface area contributed by atoms with Crippen molar-refractivity contribution in [1.29, 1.82) is 0 Å². The third-order valence-corrected chi connectivity index (χ3v) is 4.70. The van der Waals surface area contributed by atoms with Crippen LogP contribution in [0.3, 0.4) is 0 Å². The molecule has 1 aromatic heterocycles. The van der Waals surface area contributed by atoms with Gasteiger partial charge in [0, 0.05) is 11.4 Å². The summed E-state index contributed by atoms with van der Waals surface area (Å²) in [6, 6.07) is 11.3. The molecule has 3 rings (SSSR count). The Hall–Kier alpha value is -3.68. The number of nitrogen functional groups attached to an aromatic ring is 1. The molecule has 0 aliphatic carbocycles. The number of nitrogens with zero attached hydrogens (tertiary/aromatic N) is 3. The van der Waals surface area contributed by atoms with Gasteiger partial charge in [0.05, 0.1) is 0 Å². The van der Waals surface area contributed by atoms with Gasteiger partial charge in [-0.3, -0.25) is 9.59 Å². The molecule has 150 valence electrons. The maximum Gasteiger partial charge on any atom is 0.280 e. The summed E-state index contributed by atoms with van der Waals surface area (Å²) in [5, 5.41) is 13.3. The lowest BCUT2D eigenvalue weighted by Crippen LogP contribution is -2.21. The molecule has 8 nitrogen and oxygen atoms in total. The second-order valence-corrected chi connectivity index (χ2v) is 7.10. The summed E-state index contributed by atoms with van der Waals surface area (Å²) < 4.78 is 1.20. The normalized spacial score (nSPS) is 10.6. The standard InChI is InChI=1S/C21H24N6O2/c1-12-5-8-17(15(4)9-12)24-21(29)19-20(22)27(26-25-19)11-18(28)23-16-7-6-13(2)14(3)10-16/h5-10H,11,22H2,1-4H3,(H,23,28)(H,24,29). The molecule has 0 radical (unpaired) electrons. The van der Waals surface area contributed by atoms with Crippen LogP contribution in [0.5, 0.6) is 0 Å². The SMILES string of the molecule is Cc1ccc(NC(=O)c2nnn(CC(=O)Nc3ccc(C)c(C)c3)c2N)c(C)c1. The molecule has 0 atom stereocenters. The van der Waals surface area contributed by atoms with Crippen LogP contribution in [-0.2, 0) is 11.3 Å². The Morgan fingerprint density at radius 2 is 1.72 bits per heavy atom. The van der Waals surface area contributed by atoms with Gasteiger partial charge in [0.15, 0.2) is 11.5 Å². The molecule has 0 bridgehead atoms. The molecular weight excluding hydrogens is 368 g/mol. The predicted octanol–water partition coefficient (Wildman–Crippen LogP) is 2.98. The van der Waals surface area contributed by atoms with Gasteiger partial charge >= 0.3 is 0 Å². The van der Waals surface area contributed by atoms with E-state index in [0.29, 0.717) is 11.4 Å². The van der Waals surface area contributed by atoms with E-state index in [1.54, 1.807) is 0 Å². The zero-order valence-electron chi connectivity index (χ0n) is 16.9. The number of aryl methyl sites for hydroxylation is 4. The first-order valence-electron chi connectivity index (χ1n) is 9.19. The van der Waals surface area contributed by atoms with Gasteiger partial charge in [-0.15, -0.1) is 5.10 Å². The average molecular weight is 392 g/mol. The molecule has 0 aliphatic heterocycles. The monoisotopic (exact) mass is 392 g/mol. The minimum absolute atomic E-state index is 0.0241. The molecule has 0 saturated carbocycles. The Morgan fingerprint density at radius 3 is 2.41 bits per heavy atom. The summed E-state index contributed by atoms with van der Waals surface area (Å²) in [5.74, 6) is -0.760. The second kappa shape index (κ2) is 8.14. The molecule has 8 heteroatoms. The number of aromatic nitrogens is 3. The van der Waals surface area contributed by atoms with Gasteiger partial charge in [-0.05, 0) is 62.6 Å². The molecule has 0 fully saturated rings. The highest BCUT2D eigenvalue weighted by Crippen LogP contribution is 2.18. The number of benzene rings is 2. The number of rotatable bonds is 5. The van der Waals surface area contributed by atoms with Crippen molar-refractivity contribution in [3.63, 3.8) is 0 Å². The van der Waals surface area contributed by atoms with Crippen LogP contribution < -0.4 is 16.4 Å². The largest absolute Gasteiger partial charge is 0.382 e. The quantitative estimate of drug-likeness (QED) is 0.617. The Kier molecular flexibility index (Phi) is 5.63. The summed E-state index contributed by atoms with van der Waals surface area (Å²) in [6.07, 6.45) is 0. The lowest BCUT2D eigenvalue weighted by atomic mass is 10.1. The van der Waals surface area contributed by atoms with E-state index in [-0.39, 0.29) is 24.0 Å². The maximum absolute atomic E-state index is 12.5. The lowest BCUT2D eigenvalue weighted by molar-refractivity contribution is -0.116. The van der Waals surface area contributed by atoms with Crippen molar-refractivity contribution in [3.05, 3.63) is 64.3 Å². The number of nitrogens with one attached hydrogen (secondary N) is 2. The topological polar surface area (TPSA) is 115 Å². The number of hydrogen-bond donors (Lipinski definition) is 3. The molecule has 1 heterocycles. The van der Waals surface area contributed by atoms with Gasteiger partial charge in [-0.25, -0.2) is 4.68 Å². The summed E-state index contributed by atoms with van der Waals surface area (Å²) in [7, 11) is 0. The zero-order chi connectivity index (χ0) is 21.1. The van der Waals surface area contributed by atoms with E-state index in [1.165, 1.54) is 4.68 Å². The van der Waals surface area contributed by atoms with E-state index in [2.05, 4.69) is 20.9 Å². The summed E-state index contributed by atoms with van der Waals surface area (Å²) in [5.41, 5.74) is 11.6. The summed E-state index contributed by atoms with van der Waals surface area (Å²) >= 11 is 0. The molecule has 29 heavy (non-hydrogen) atoms. The third-order valence-electron chi connectivity index (χ3n) is 4.70. The summed E-state index contributed by atoms with van der Waals surface area (Å²) in [6.45, 7) is 7.70. The first kappa shape index (κ1) is 20.1. The third kappa shape index (κ3) is 4.60. The van der Waals surface area contributed by atoms with Gasteiger partial charge in [-0.1, -0.05) is 29.0 Å². The Labute approximate surface area is 169 Å². The highest BCUT2D eigenvalue weighted by Gasteiger charge is 2.19. The lowest BCUT2D eigenvalue weighted by Gasteiger charge is -2.09. The molecule has 2 aromatic carbocycles. The van der Waals surface area contributed by atoms with Crippen LogP contribution >= 0.6 is 0 Å². The molecule has 0 aliphatic rings. The Morgan fingerprint density at radius 1 is 0.966 bits per heavy atom. The molecule has 0 spiro atoms. The number of anilines is 3. The van der Waals surface area contributed by atoms with Crippen LogP contribution in [0, 0.1) is 27.7 Å². The number of hydrogen-bond acceptors (Lipinski definition) is 5. The van der Waals surface area contributed by atoms with Gasteiger partial charge in [-0.2, -0.15) is 0 Å². The average Bonchev–Trinajstić information content (AvgIpc) is 3.01. The van der Waals surface area contributed by atoms with Crippen molar-refractivity contribution in [1.82, 2.24) is 15.0 Å². The van der Waals surface area contributed by atoms with Gasteiger partial charge in [0.1, 0.15) is 6.54 Å². The van der Waals surface area contributed by atoms with E-state index in [1.807, 2.05) is 64.1 Å². The molecule has 0 unspecified atom stereocenters. The number of carbonyl (C=O) groups excluding carboxylic acids is 2. The molecule has 3 aromatic rings. The first-order valence-corrected chi connectivity index (χ1v) is 9.19. The van der Waals surface area contributed by atoms with Crippen molar-refractivity contribution in [3.8, 4) is 0 Å². The van der Waals surface area contributed by atoms with Crippen LogP contribution in [-0.4, -0.2) is 26.8 Å². The molecule has 4 N–H and O–H groups in total. The molecule has 0 saturated heterocycles. The van der Waals surface area contributed by atoms with E-state index >= 15 is 0 Å². The van der Waals surface area contributed by atoms with Gasteiger partial charge < -0.3 is 16.4 Å². The minimum atomic E-state index is -0.477. The van der Waals surface area contributed by atoms with Crippen LogP contribution in [0.4, 0.5) is 17.2 Å². The van der Waals surface area contributed by atoms with Crippen molar-refractivity contribution in [2.24, 2.45) is 0 Å². The minimum Gasteiger partial charge on any atom is -0.382 e. The predicted molar refractivity (Wildman–Crippen MR) is 113 cm³/mol. The van der Waals surface area contributed by atoms with E-state index in [9.17, 15) is 9.59 Å². The van der Waals surface area contributed by atoms with Crippen LogP contribution in [0.15, 0.2) is 36.4 Å². The van der Waals surface area contributed by atoms with E-state index in [0.717, 1.165) is 22.3 Å². The molecular formula is C21H24N6O2. The smallest absolute Gasteiger partial charge is 0.280 e. The highest BCUT2D eigenvalue weighted by molar-refractivity contribution is 6.06. The van der Waals surface area contributed by atoms with Crippen LogP contribution in [0.25, 0.3) is 0 Å². The Balaban J connectivity index is 1.68. The summed E-state index contributed by atoms with van der Waals surface area (Å²) in [4.78, 5) is 24.8. The van der Waals surface area contributed by atoms with Crippen molar-refractivity contribution < 1.29 is 9.59 Å². The van der Waals surface area contributed by atoms with Gasteiger partial charge in [0.25, 0.3) is 5.91 Å². The fraction of sp³-hybridized carbons (Fsp3) is 0.238. The molecule has 2 amide bonds. The van der Waals surface area contributed by atoms with E-state index < -0.39 is 5.91 Å². The zero-order valence-corrected chi connectivity index (χ0v) is 16.9. The maximum atomic E-state index is 12.5. The van der Waals surface area contributed by atoms with Crippen LogP contribution in [0.1, 0.15) is 32.7 Å². The van der Waals surface area contributed by atoms with Crippen molar-refractivity contribution >= 4 is 29.0 Å². The number of nitrogens with two attached hydrogens (primary N) is 1. The van der Waals surface area contributed by atoms with Crippen molar-refractivity contribution in [2.75, 3.05) is 16.4 Å². The Bertz CT molecular complexity index is 1090. The number of carbonyl (C=O) groups is 2. The first-order chi connectivity index (χ1) is 13.7. The fourth-order valence-electron chi connectivity index (χ4n) is 2.89. The number of amides is 2. The fourth-order valence-corrected chi connectivity index (χ4v) is 2.89. The van der Waals surface area contributed by atoms with Crippen molar-refractivity contribution in [2.45, 2.75) is 34.2 Å². The van der Waals surface area contributed by atoms with Crippen LogP contribution in [0.2, 0.25) is 0 Å². The second-order valence-electron chi connectivity index (χ2n) is 7.10. The van der Waals surface area contributed by atoms with Gasteiger partial charge in [0.2, 0.25) is 5.91 Å². The van der Waals surface area contributed by atoms with E-state index in [4.69, 9.17) is 5.73 Å². The highest BCUT2D eigenvalue weighted by atomic mass is 16.2.